The van der Waals surface area contributed by atoms with Gasteiger partial charge >= 0.3 is 14.2 Å². The second kappa shape index (κ2) is 18.1. The van der Waals surface area contributed by atoms with Crippen LogP contribution in [0.1, 0.15) is 78.5 Å². The summed E-state index contributed by atoms with van der Waals surface area (Å²) in [5, 5.41) is 9.81. The van der Waals surface area contributed by atoms with E-state index in [4.69, 9.17) is 34.8 Å². The fraction of sp³-hybridized carbons (Fsp3) is 0.306. The number of carbonyl (C=O) groups is 2. The van der Waals surface area contributed by atoms with E-state index in [2.05, 4.69) is 0 Å². The molecule has 2 amide bonds. The van der Waals surface area contributed by atoms with Gasteiger partial charge in [0.05, 0.1) is 22.4 Å². The number of phenolic OH excluding ortho intramolecular Hbond substituents is 1. The summed E-state index contributed by atoms with van der Waals surface area (Å²) in [5.41, 5.74) is 17.4. The summed E-state index contributed by atoms with van der Waals surface area (Å²) in [6.45, 7) is 16.6. The van der Waals surface area contributed by atoms with Crippen LogP contribution in [0, 0.1) is 0 Å². The van der Waals surface area contributed by atoms with Crippen molar-refractivity contribution >= 4 is 43.1 Å². The minimum absolute atomic E-state index is 0.198. The first-order chi connectivity index (χ1) is 28.7. The van der Waals surface area contributed by atoms with Crippen LogP contribution in [0.15, 0.2) is 121 Å². The molecule has 61 heavy (non-hydrogen) atoms. The molecule has 2 aliphatic heterocycles. The average Bonchev–Trinajstić information content (AvgIpc) is 3.58. The van der Waals surface area contributed by atoms with Crippen LogP contribution in [-0.2, 0) is 41.2 Å². The zero-order valence-electron chi connectivity index (χ0n) is 36.4. The smallest absolute Gasteiger partial charge is 0.494 e. The molecule has 7 rings (SSSR count). The van der Waals surface area contributed by atoms with Crippen LogP contribution in [-0.4, -0.2) is 53.6 Å². The molecule has 5 aromatic carbocycles. The molecule has 5 N–H and O–H groups in total. The third-order valence-corrected chi connectivity index (χ3v) is 11.9. The molecular formula is C49H56B2N2O8. The number of rotatable bonds is 12. The molecule has 0 spiro atoms. The largest absolute Gasteiger partial charge is 0.508 e. The van der Waals surface area contributed by atoms with Crippen LogP contribution in [0.4, 0.5) is 0 Å². The van der Waals surface area contributed by atoms with E-state index < -0.39 is 42.5 Å². The number of hydrogen-bond acceptors (Lipinski definition) is 8. The monoisotopic (exact) mass is 822 g/mol. The fourth-order valence-electron chi connectivity index (χ4n) is 6.93. The highest BCUT2D eigenvalue weighted by Gasteiger charge is 2.52. The molecule has 0 aliphatic carbocycles. The molecular weight excluding hydrogens is 766 g/mol. The molecule has 0 unspecified atom stereocenters. The maximum absolute atomic E-state index is 11.5. The molecule has 0 radical (unpaired) electrons. The van der Waals surface area contributed by atoms with E-state index in [-0.39, 0.29) is 18.1 Å². The Bertz CT molecular complexity index is 2360. The van der Waals surface area contributed by atoms with Crippen molar-refractivity contribution in [1.82, 2.24) is 0 Å². The minimum atomic E-state index is -0.507. The molecule has 0 bridgehead atoms. The summed E-state index contributed by atoms with van der Waals surface area (Å²) in [4.78, 5) is 22.8. The minimum Gasteiger partial charge on any atom is -0.508 e. The van der Waals surface area contributed by atoms with Gasteiger partial charge in [-0.3, -0.25) is 9.59 Å². The van der Waals surface area contributed by atoms with Gasteiger partial charge in [0.2, 0.25) is 11.8 Å². The lowest BCUT2D eigenvalue weighted by molar-refractivity contribution is -0.118. The zero-order valence-corrected chi connectivity index (χ0v) is 36.4. The molecule has 2 heterocycles. The van der Waals surface area contributed by atoms with Crippen LogP contribution in [0.3, 0.4) is 0 Å². The second-order valence-corrected chi connectivity index (χ2v) is 17.5. The Morgan fingerprint density at radius 1 is 0.639 bits per heavy atom. The first kappa shape index (κ1) is 44.9. The third-order valence-electron chi connectivity index (χ3n) is 11.9. The quantitative estimate of drug-likeness (QED) is 0.0865. The highest BCUT2D eigenvalue weighted by atomic mass is 16.7. The van der Waals surface area contributed by atoms with Crippen LogP contribution in [0.25, 0.3) is 28.3 Å². The van der Waals surface area contributed by atoms with Crippen molar-refractivity contribution in [2.24, 2.45) is 11.5 Å². The van der Waals surface area contributed by atoms with Gasteiger partial charge in [0.15, 0.2) is 0 Å². The summed E-state index contributed by atoms with van der Waals surface area (Å²) in [6.07, 6.45) is 3.85. The van der Waals surface area contributed by atoms with Gasteiger partial charge in [-0.1, -0.05) is 91.0 Å². The van der Waals surface area contributed by atoms with E-state index in [1.54, 1.807) is 24.3 Å². The van der Waals surface area contributed by atoms with Crippen LogP contribution >= 0.6 is 0 Å². The lowest BCUT2D eigenvalue weighted by Crippen LogP contribution is -2.41. The van der Waals surface area contributed by atoms with E-state index in [1.807, 2.05) is 152 Å². The number of aromatic hydroxyl groups is 1. The number of primary amides is 2. The summed E-state index contributed by atoms with van der Waals surface area (Å²) in [5.74, 6) is 0.106. The number of phenols is 1. The Morgan fingerprint density at radius 3 is 1.74 bits per heavy atom. The molecule has 12 heteroatoms. The Morgan fingerprint density at radius 2 is 1.18 bits per heavy atom. The molecule has 10 nitrogen and oxygen atoms in total. The maximum Gasteiger partial charge on any atom is 0.494 e. The number of ether oxygens (including phenoxy) is 1. The normalized spacial score (nSPS) is 17.2. The van der Waals surface area contributed by atoms with E-state index in [0.717, 1.165) is 55.6 Å². The molecule has 5 aromatic rings. The van der Waals surface area contributed by atoms with E-state index >= 15 is 0 Å². The Hall–Kier alpha value is -5.65. The van der Waals surface area contributed by atoms with Gasteiger partial charge < -0.3 is 39.9 Å². The Kier molecular flexibility index (Phi) is 13.3. The predicted octanol–water partition coefficient (Wildman–Crippen LogP) is 7.51. The van der Waals surface area contributed by atoms with Gasteiger partial charge in [0.25, 0.3) is 0 Å². The lowest BCUT2D eigenvalue weighted by atomic mass is 9.77. The highest BCUT2D eigenvalue weighted by Crippen LogP contribution is 2.38. The second-order valence-electron chi connectivity index (χ2n) is 17.5. The van der Waals surface area contributed by atoms with Crippen LogP contribution < -0.4 is 27.1 Å². The van der Waals surface area contributed by atoms with Crippen molar-refractivity contribution in [3.8, 4) is 33.8 Å². The molecule has 0 atom stereocenters. The topological polar surface area (TPSA) is 153 Å². The van der Waals surface area contributed by atoms with Gasteiger partial charge in [-0.15, -0.1) is 0 Å². The van der Waals surface area contributed by atoms with Crippen molar-refractivity contribution in [2.45, 2.75) is 97.2 Å². The average molecular weight is 823 g/mol. The molecule has 2 fully saturated rings. The summed E-state index contributed by atoms with van der Waals surface area (Å²) >= 11 is 0. The third kappa shape index (κ3) is 10.8. The fourth-order valence-corrected chi connectivity index (χ4v) is 6.93. The summed E-state index contributed by atoms with van der Waals surface area (Å²) < 4.78 is 30.7. The van der Waals surface area contributed by atoms with E-state index in [9.17, 15) is 14.7 Å². The van der Waals surface area contributed by atoms with Crippen molar-refractivity contribution in [1.29, 1.82) is 0 Å². The van der Waals surface area contributed by atoms with E-state index in [0.29, 0.717) is 13.0 Å². The lowest BCUT2D eigenvalue weighted by Gasteiger charge is -2.32. The van der Waals surface area contributed by atoms with Crippen molar-refractivity contribution in [2.75, 3.05) is 0 Å². The zero-order chi connectivity index (χ0) is 44.2. The SMILES string of the molecule is CC1(C)OB(c2ccc(-c3cccc(O)c3)c(CCC(N)=O)c2)OC1(C)C.CC1(C)OB(c2ccc(-c3cccc(OCc4ccccc4)c3)c(/C=C/C(N)=O)c2)OC1(C)C. The Balaban J connectivity index is 0.000000210. The van der Waals surface area contributed by atoms with Gasteiger partial charge in [-0.25, -0.2) is 0 Å². The standard InChI is InChI=1S/C28H30BNO4.C21H26BNO4/c1-27(2)28(3,4)34-29(33-27)23-14-15-25(22(17-23)13-16-26(30)31)21-11-8-12-24(18-21)32-19-20-9-6-5-7-10-20;1-20(2)21(3,4)27-22(26-20)16-9-10-18(14-6-5-7-17(24)13-14)15(12-16)8-11-19(23)25/h5-18H,19H2,1-4H3,(H2,30,31);5-7,9-10,12-13,24H,8,11H2,1-4H3,(H2,23,25)/b16-13+;. The van der Waals surface area contributed by atoms with Gasteiger partial charge in [-0.05, 0) is 142 Å². The van der Waals surface area contributed by atoms with Crippen molar-refractivity contribution in [3.05, 3.63) is 138 Å². The number of nitrogens with two attached hydrogens (primary N) is 2. The summed E-state index contributed by atoms with van der Waals surface area (Å²) in [6, 6.07) is 36.9. The number of carbonyl (C=O) groups excluding carboxylic acids is 2. The van der Waals surface area contributed by atoms with Crippen LogP contribution in [0.2, 0.25) is 0 Å². The molecule has 2 aliphatic rings. The molecule has 0 aromatic heterocycles. The van der Waals surface area contributed by atoms with Gasteiger partial charge in [-0.2, -0.15) is 0 Å². The van der Waals surface area contributed by atoms with E-state index in [1.165, 1.54) is 6.08 Å². The van der Waals surface area contributed by atoms with Crippen molar-refractivity contribution < 1.29 is 38.0 Å². The van der Waals surface area contributed by atoms with Gasteiger partial charge in [0, 0.05) is 12.5 Å². The molecule has 2 saturated heterocycles. The van der Waals surface area contributed by atoms with Crippen LogP contribution in [0.5, 0.6) is 11.5 Å². The number of benzene rings is 5. The first-order valence-corrected chi connectivity index (χ1v) is 20.5. The number of hydrogen-bond donors (Lipinski definition) is 3. The maximum atomic E-state index is 11.5. The first-order valence-electron chi connectivity index (χ1n) is 20.5. The number of aryl methyl sites for hydroxylation is 1. The molecule has 0 saturated carbocycles. The van der Waals surface area contributed by atoms with Gasteiger partial charge in [0.1, 0.15) is 18.1 Å². The van der Waals surface area contributed by atoms with Crippen molar-refractivity contribution in [3.63, 3.8) is 0 Å². The molecule has 316 valence electrons. The number of amides is 2. The highest BCUT2D eigenvalue weighted by molar-refractivity contribution is 6.62. The Labute approximate surface area is 360 Å². The predicted molar refractivity (Wildman–Crippen MR) is 243 cm³/mol. The summed E-state index contributed by atoms with van der Waals surface area (Å²) in [7, 11) is -0.971.